The molecule has 1 heterocycles. The molecule has 0 fully saturated rings. The predicted octanol–water partition coefficient (Wildman–Crippen LogP) is 2.49. The lowest BCUT2D eigenvalue weighted by atomic mass is 10.1. The molecule has 1 aromatic heterocycles. The van der Waals surface area contributed by atoms with E-state index in [0.717, 1.165) is 11.2 Å². The smallest absolute Gasteiger partial charge is 0.258 e. The topological polar surface area (TPSA) is 72.1 Å². The third kappa shape index (κ3) is 2.53. The van der Waals surface area contributed by atoms with Gasteiger partial charge in [-0.05, 0) is 36.4 Å². The van der Waals surface area contributed by atoms with Crippen LogP contribution in [0.15, 0.2) is 54.9 Å². The van der Waals surface area contributed by atoms with E-state index in [-0.39, 0.29) is 5.91 Å². The van der Waals surface area contributed by atoms with Crippen molar-refractivity contribution < 1.29 is 4.79 Å². The van der Waals surface area contributed by atoms with Crippen molar-refractivity contribution in [2.24, 2.45) is 0 Å². The Bertz CT molecular complexity index is 816. The molecule has 2 N–H and O–H groups in total. The third-order valence-corrected chi connectivity index (χ3v) is 3.28. The van der Waals surface area contributed by atoms with E-state index in [9.17, 15) is 4.79 Å². The lowest BCUT2D eigenvalue weighted by molar-refractivity contribution is 0.0993. The number of carbonyl (C=O) groups excluding carboxylic acids is 1. The largest absolute Gasteiger partial charge is 0.399 e. The zero-order valence-electron chi connectivity index (χ0n) is 11.5. The first-order valence-electron chi connectivity index (χ1n) is 6.49. The molecule has 0 spiro atoms. The minimum absolute atomic E-state index is 0.117. The molecule has 0 aliphatic heterocycles. The SMILES string of the molecule is CN(C(=O)c1ccc2nccnc2c1)c1cccc(N)c1. The molecule has 104 valence electrons. The number of nitrogens with two attached hydrogens (primary N) is 1. The first-order chi connectivity index (χ1) is 10.1. The van der Waals surface area contributed by atoms with E-state index < -0.39 is 0 Å². The van der Waals surface area contributed by atoms with Crippen LogP contribution >= 0.6 is 0 Å². The van der Waals surface area contributed by atoms with Crippen LogP contribution in [0.2, 0.25) is 0 Å². The minimum atomic E-state index is -0.117. The standard InChI is InChI=1S/C16H14N4O/c1-20(13-4-2-3-12(17)10-13)16(21)11-5-6-14-15(9-11)19-8-7-18-14/h2-10H,17H2,1H3. The highest BCUT2D eigenvalue weighted by Gasteiger charge is 2.14. The fourth-order valence-corrected chi connectivity index (χ4v) is 2.14. The van der Waals surface area contributed by atoms with Gasteiger partial charge in [-0.1, -0.05) is 6.07 Å². The summed E-state index contributed by atoms with van der Waals surface area (Å²) in [6.45, 7) is 0. The van der Waals surface area contributed by atoms with Gasteiger partial charge in [0.2, 0.25) is 0 Å². The van der Waals surface area contributed by atoms with Crippen molar-refractivity contribution in [3.63, 3.8) is 0 Å². The average Bonchev–Trinajstić information content (AvgIpc) is 2.53. The fourth-order valence-electron chi connectivity index (χ4n) is 2.14. The van der Waals surface area contributed by atoms with Crippen LogP contribution in [0, 0.1) is 0 Å². The van der Waals surface area contributed by atoms with Crippen LogP contribution in [0.3, 0.4) is 0 Å². The maximum atomic E-state index is 12.5. The maximum absolute atomic E-state index is 12.5. The second-order valence-corrected chi connectivity index (χ2v) is 4.72. The van der Waals surface area contributed by atoms with Crippen molar-refractivity contribution >= 4 is 28.3 Å². The first kappa shape index (κ1) is 13.1. The number of benzene rings is 2. The van der Waals surface area contributed by atoms with Gasteiger partial charge in [-0.3, -0.25) is 14.8 Å². The van der Waals surface area contributed by atoms with Crippen LogP contribution in [0.5, 0.6) is 0 Å². The number of fused-ring (bicyclic) bond motifs is 1. The molecule has 2 aromatic carbocycles. The summed E-state index contributed by atoms with van der Waals surface area (Å²) in [4.78, 5) is 22.5. The summed E-state index contributed by atoms with van der Waals surface area (Å²) in [5.74, 6) is -0.117. The number of carbonyl (C=O) groups is 1. The fraction of sp³-hybridized carbons (Fsp3) is 0.0625. The van der Waals surface area contributed by atoms with E-state index >= 15 is 0 Å². The van der Waals surface area contributed by atoms with Crippen molar-refractivity contribution in [2.45, 2.75) is 0 Å². The number of hydrogen-bond acceptors (Lipinski definition) is 4. The first-order valence-corrected chi connectivity index (χ1v) is 6.49. The van der Waals surface area contributed by atoms with Gasteiger partial charge in [0.25, 0.3) is 5.91 Å². The van der Waals surface area contributed by atoms with Crippen LogP contribution in [-0.2, 0) is 0 Å². The normalized spacial score (nSPS) is 10.5. The van der Waals surface area contributed by atoms with Crippen molar-refractivity contribution in [3.05, 3.63) is 60.4 Å². The summed E-state index contributed by atoms with van der Waals surface area (Å²) < 4.78 is 0. The molecule has 0 aliphatic carbocycles. The van der Waals surface area contributed by atoms with Crippen LogP contribution in [-0.4, -0.2) is 22.9 Å². The highest BCUT2D eigenvalue weighted by molar-refractivity contribution is 6.07. The Morgan fingerprint density at radius 1 is 1.05 bits per heavy atom. The van der Waals surface area contributed by atoms with Gasteiger partial charge in [0.1, 0.15) is 0 Å². The number of nitrogen functional groups attached to an aromatic ring is 1. The van der Waals surface area contributed by atoms with Crippen LogP contribution in [0.25, 0.3) is 11.0 Å². The summed E-state index contributed by atoms with van der Waals surface area (Å²) in [6.07, 6.45) is 3.24. The number of aromatic nitrogens is 2. The molecule has 3 rings (SSSR count). The van der Waals surface area contributed by atoms with Gasteiger partial charge in [-0.15, -0.1) is 0 Å². The van der Waals surface area contributed by atoms with Gasteiger partial charge in [0, 0.05) is 36.4 Å². The van der Waals surface area contributed by atoms with E-state index in [0.29, 0.717) is 16.8 Å². The van der Waals surface area contributed by atoms with Crippen molar-refractivity contribution in [3.8, 4) is 0 Å². The van der Waals surface area contributed by atoms with Crippen LogP contribution in [0.4, 0.5) is 11.4 Å². The summed E-state index contributed by atoms with van der Waals surface area (Å²) >= 11 is 0. The van der Waals surface area contributed by atoms with E-state index in [1.807, 2.05) is 12.1 Å². The van der Waals surface area contributed by atoms with Gasteiger partial charge in [-0.25, -0.2) is 0 Å². The number of nitrogens with zero attached hydrogens (tertiary/aromatic N) is 3. The monoisotopic (exact) mass is 278 g/mol. The van der Waals surface area contributed by atoms with E-state index in [1.165, 1.54) is 0 Å². The molecule has 5 heteroatoms. The molecule has 1 amide bonds. The Labute approximate surface area is 122 Å². The number of amides is 1. The van der Waals surface area contributed by atoms with Gasteiger partial charge in [0.15, 0.2) is 0 Å². The van der Waals surface area contributed by atoms with Crippen molar-refractivity contribution in [1.29, 1.82) is 0 Å². The molecule has 5 nitrogen and oxygen atoms in total. The Kier molecular flexibility index (Phi) is 3.23. The number of anilines is 2. The molecule has 0 unspecified atom stereocenters. The third-order valence-electron chi connectivity index (χ3n) is 3.28. The quantitative estimate of drug-likeness (QED) is 0.731. The predicted molar refractivity (Wildman–Crippen MR) is 83.1 cm³/mol. The molecular weight excluding hydrogens is 264 g/mol. The molecule has 0 atom stereocenters. The summed E-state index contributed by atoms with van der Waals surface area (Å²) in [6, 6.07) is 12.5. The molecule has 0 saturated heterocycles. The Hall–Kier alpha value is -2.95. The zero-order valence-corrected chi connectivity index (χ0v) is 11.5. The molecule has 0 aliphatic rings. The van der Waals surface area contributed by atoms with Gasteiger partial charge >= 0.3 is 0 Å². The lowest BCUT2D eigenvalue weighted by Gasteiger charge is -2.18. The number of hydrogen-bond donors (Lipinski definition) is 1. The van der Waals surface area contributed by atoms with Gasteiger partial charge in [0.05, 0.1) is 11.0 Å². The Balaban J connectivity index is 1.96. The number of rotatable bonds is 2. The molecular formula is C16H14N4O. The Morgan fingerprint density at radius 2 is 1.81 bits per heavy atom. The molecule has 3 aromatic rings. The molecule has 0 saturated carbocycles. The van der Waals surface area contributed by atoms with E-state index in [1.54, 1.807) is 54.7 Å². The van der Waals surface area contributed by atoms with E-state index in [2.05, 4.69) is 9.97 Å². The zero-order chi connectivity index (χ0) is 14.8. The minimum Gasteiger partial charge on any atom is -0.399 e. The maximum Gasteiger partial charge on any atom is 0.258 e. The highest BCUT2D eigenvalue weighted by Crippen LogP contribution is 2.19. The molecule has 0 radical (unpaired) electrons. The molecule has 21 heavy (non-hydrogen) atoms. The summed E-state index contributed by atoms with van der Waals surface area (Å²) in [7, 11) is 1.72. The summed E-state index contributed by atoms with van der Waals surface area (Å²) in [5.41, 5.74) is 9.15. The highest BCUT2D eigenvalue weighted by atomic mass is 16.2. The van der Waals surface area contributed by atoms with Gasteiger partial charge < -0.3 is 10.6 Å². The van der Waals surface area contributed by atoms with E-state index in [4.69, 9.17) is 5.73 Å². The second-order valence-electron chi connectivity index (χ2n) is 4.72. The van der Waals surface area contributed by atoms with Crippen molar-refractivity contribution in [2.75, 3.05) is 17.7 Å². The summed E-state index contributed by atoms with van der Waals surface area (Å²) in [5, 5.41) is 0. The van der Waals surface area contributed by atoms with Crippen LogP contribution in [0.1, 0.15) is 10.4 Å². The molecule has 0 bridgehead atoms. The van der Waals surface area contributed by atoms with Gasteiger partial charge in [-0.2, -0.15) is 0 Å². The Morgan fingerprint density at radius 3 is 2.57 bits per heavy atom. The van der Waals surface area contributed by atoms with Crippen molar-refractivity contribution in [1.82, 2.24) is 9.97 Å². The lowest BCUT2D eigenvalue weighted by Crippen LogP contribution is -2.26. The van der Waals surface area contributed by atoms with Crippen LogP contribution < -0.4 is 10.6 Å². The average molecular weight is 278 g/mol. The second kappa shape index (κ2) is 5.20.